The number of nitrogens with one attached hydrogen (secondary N) is 1. The van der Waals surface area contributed by atoms with Crippen molar-refractivity contribution in [2.24, 2.45) is 0 Å². The van der Waals surface area contributed by atoms with Gasteiger partial charge in [0.15, 0.2) is 0 Å². The summed E-state index contributed by atoms with van der Waals surface area (Å²) in [6.45, 7) is 1.89. The van der Waals surface area contributed by atoms with Crippen molar-refractivity contribution in [2.75, 3.05) is 24.4 Å². The van der Waals surface area contributed by atoms with Crippen LogP contribution in [0.5, 0.6) is 11.5 Å². The monoisotopic (exact) mass is 454 g/mol. The number of ether oxygens (including phenoxy) is 2. The Morgan fingerprint density at radius 1 is 0.968 bits per heavy atom. The molecule has 0 radical (unpaired) electrons. The maximum Gasteiger partial charge on any atom is 0.282 e. The first-order valence-electron chi connectivity index (χ1n) is 9.36. The van der Waals surface area contributed by atoms with E-state index in [9.17, 15) is 9.59 Å². The van der Waals surface area contributed by atoms with Crippen LogP contribution in [0.2, 0.25) is 5.02 Å². The Morgan fingerprint density at radius 3 is 2.39 bits per heavy atom. The summed E-state index contributed by atoms with van der Waals surface area (Å²) in [5, 5.41) is 5.42. The Hall–Kier alpha value is -3.29. The number of hydrogen-bond acceptors (Lipinski definition) is 6. The maximum absolute atomic E-state index is 13.6. The SMILES string of the molecule is COc1ccc(Cl)cc1NC1=C(c2cccs2)C(=O)N(c2cc(C)ccc2OC)C1=O. The van der Waals surface area contributed by atoms with Crippen molar-refractivity contribution in [1.29, 1.82) is 0 Å². The predicted molar refractivity (Wildman–Crippen MR) is 123 cm³/mol. The number of aryl methyl sites for hydroxylation is 1. The summed E-state index contributed by atoms with van der Waals surface area (Å²) < 4.78 is 10.8. The summed E-state index contributed by atoms with van der Waals surface area (Å²) in [6, 6.07) is 14.0. The molecule has 158 valence electrons. The van der Waals surface area contributed by atoms with Crippen LogP contribution in [-0.4, -0.2) is 26.0 Å². The molecule has 0 atom stereocenters. The Morgan fingerprint density at radius 2 is 1.71 bits per heavy atom. The second-order valence-electron chi connectivity index (χ2n) is 6.82. The first-order valence-corrected chi connectivity index (χ1v) is 10.6. The average Bonchev–Trinajstić information content (AvgIpc) is 3.35. The number of hydrogen-bond donors (Lipinski definition) is 1. The largest absolute Gasteiger partial charge is 0.495 e. The minimum absolute atomic E-state index is 0.150. The second kappa shape index (κ2) is 8.45. The Labute approximate surface area is 188 Å². The molecule has 0 saturated carbocycles. The highest BCUT2D eigenvalue weighted by Gasteiger charge is 2.42. The number of thiophene rings is 1. The Bertz CT molecular complexity index is 1200. The van der Waals surface area contributed by atoms with Crippen molar-refractivity contribution >= 4 is 51.7 Å². The van der Waals surface area contributed by atoms with Gasteiger partial charge in [-0.25, -0.2) is 4.90 Å². The summed E-state index contributed by atoms with van der Waals surface area (Å²) in [7, 11) is 3.03. The summed E-state index contributed by atoms with van der Waals surface area (Å²) in [5.74, 6) is 0.00727. The molecule has 2 aromatic carbocycles. The van der Waals surface area contributed by atoms with Crippen molar-refractivity contribution in [3.05, 3.63) is 75.1 Å². The summed E-state index contributed by atoms with van der Waals surface area (Å²) in [5.41, 5.74) is 2.20. The lowest BCUT2D eigenvalue weighted by atomic mass is 10.1. The normalized spacial score (nSPS) is 13.7. The smallest absolute Gasteiger partial charge is 0.282 e. The van der Waals surface area contributed by atoms with E-state index in [0.29, 0.717) is 32.8 Å². The first kappa shape index (κ1) is 21.0. The van der Waals surface area contributed by atoms with Crippen molar-refractivity contribution in [3.8, 4) is 11.5 Å². The molecular formula is C23H19ClN2O4S. The third kappa shape index (κ3) is 3.78. The van der Waals surface area contributed by atoms with Gasteiger partial charge < -0.3 is 14.8 Å². The van der Waals surface area contributed by atoms with Crippen molar-refractivity contribution in [2.45, 2.75) is 6.92 Å². The highest BCUT2D eigenvalue weighted by molar-refractivity contribution is 7.11. The van der Waals surface area contributed by atoms with Gasteiger partial charge in [-0.3, -0.25) is 9.59 Å². The van der Waals surface area contributed by atoms with Gasteiger partial charge in [-0.15, -0.1) is 11.3 Å². The van der Waals surface area contributed by atoms with Crippen LogP contribution in [0.15, 0.2) is 59.6 Å². The van der Waals surface area contributed by atoms with Gasteiger partial charge in [0, 0.05) is 9.90 Å². The number of carbonyl (C=O) groups is 2. The molecule has 4 rings (SSSR count). The molecule has 31 heavy (non-hydrogen) atoms. The summed E-state index contributed by atoms with van der Waals surface area (Å²) in [4.78, 5) is 28.9. The number of carbonyl (C=O) groups excluding carboxylic acids is 2. The standard InChI is InChI=1S/C23H19ClN2O4S/c1-13-6-8-18(30-3)16(11-13)26-22(27)20(19-5-4-10-31-19)21(23(26)28)25-15-12-14(24)7-9-17(15)29-2/h4-12,25H,1-3H3. The second-order valence-corrected chi connectivity index (χ2v) is 8.20. The quantitative estimate of drug-likeness (QED) is 0.523. The van der Waals surface area contributed by atoms with E-state index in [1.807, 2.05) is 24.4 Å². The molecule has 2 amide bonds. The number of amides is 2. The van der Waals surface area contributed by atoms with Gasteiger partial charge in [0.1, 0.15) is 17.2 Å². The number of halogens is 1. The number of anilines is 2. The van der Waals surface area contributed by atoms with Crippen LogP contribution in [0, 0.1) is 6.92 Å². The number of nitrogens with zero attached hydrogens (tertiary/aromatic N) is 1. The molecule has 1 aromatic heterocycles. The molecule has 1 N–H and O–H groups in total. The van der Waals surface area contributed by atoms with E-state index in [2.05, 4.69) is 5.32 Å². The van der Waals surface area contributed by atoms with Crippen LogP contribution >= 0.6 is 22.9 Å². The van der Waals surface area contributed by atoms with Crippen LogP contribution in [-0.2, 0) is 9.59 Å². The number of benzene rings is 2. The Kier molecular flexibility index (Phi) is 5.71. The van der Waals surface area contributed by atoms with Crippen LogP contribution in [0.4, 0.5) is 11.4 Å². The minimum atomic E-state index is -0.487. The van der Waals surface area contributed by atoms with Crippen LogP contribution in [0.25, 0.3) is 5.57 Å². The lowest BCUT2D eigenvalue weighted by Gasteiger charge is -2.19. The highest BCUT2D eigenvalue weighted by Crippen LogP contribution is 2.40. The zero-order valence-corrected chi connectivity index (χ0v) is 18.6. The van der Waals surface area contributed by atoms with E-state index < -0.39 is 11.8 Å². The summed E-state index contributed by atoms with van der Waals surface area (Å²) in [6.07, 6.45) is 0. The number of rotatable bonds is 6. The molecule has 2 heterocycles. The molecule has 1 aliphatic heterocycles. The molecule has 0 fully saturated rings. The fourth-order valence-electron chi connectivity index (χ4n) is 3.40. The highest BCUT2D eigenvalue weighted by atomic mass is 35.5. The molecule has 6 nitrogen and oxygen atoms in total. The molecule has 0 unspecified atom stereocenters. The molecule has 1 aliphatic rings. The van der Waals surface area contributed by atoms with E-state index in [1.54, 1.807) is 36.4 Å². The van der Waals surface area contributed by atoms with Gasteiger partial charge in [-0.05, 0) is 54.3 Å². The number of imide groups is 1. The van der Waals surface area contributed by atoms with Crippen molar-refractivity contribution in [1.82, 2.24) is 0 Å². The van der Waals surface area contributed by atoms with Gasteiger partial charge in [0.2, 0.25) is 0 Å². The fourth-order valence-corrected chi connectivity index (χ4v) is 4.34. The van der Waals surface area contributed by atoms with E-state index in [1.165, 1.54) is 25.6 Å². The molecule has 0 aliphatic carbocycles. The van der Waals surface area contributed by atoms with Crippen molar-refractivity contribution in [3.63, 3.8) is 0 Å². The van der Waals surface area contributed by atoms with Gasteiger partial charge in [-0.2, -0.15) is 0 Å². The van der Waals surface area contributed by atoms with E-state index in [-0.39, 0.29) is 11.3 Å². The zero-order valence-electron chi connectivity index (χ0n) is 17.1. The van der Waals surface area contributed by atoms with Gasteiger partial charge in [-0.1, -0.05) is 23.7 Å². The topological polar surface area (TPSA) is 67.9 Å². The Balaban J connectivity index is 1.86. The summed E-state index contributed by atoms with van der Waals surface area (Å²) >= 11 is 7.53. The predicted octanol–water partition coefficient (Wildman–Crippen LogP) is 5.12. The van der Waals surface area contributed by atoms with Crippen LogP contribution in [0.1, 0.15) is 10.4 Å². The van der Waals surface area contributed by atoms with Crippen LogP contribution in [0.3, 0.4) is 0 Å². The third-order valence-electron chi connectivity index (χ3n) is 4.85. The van der Waals surface area contributed by atoms with Gasteiger partial charge in [0.05, 0.1) is 31.2 Å². The molecule has 0 saturated heterocycles. The first-order chi connectivity index (χ1) is 14.9. The lowest BCUT2D eigenvalue weighted by Crippen LogP contribution is -2.32. The molecule has 0 bridgehead atoms. The molecule has 0 spiro atoms. The molecule has 3 aromatic rings. The van der Waals surface area contributed by atoms with Crippen LogP contribution < -0.4 is 19.7 Å². The average molecular weight is 455 g/mol. The molecule has 8 heteroatoms. The lowest BCUT2D eigenvalue weighted by molar-refractivity contribution is -0.120. The zero-order chi connectivity index (χ0) is 22.1. The fraction of sp³-hybridized carbons (Fsp3) is 0.130. The van der Waals surface area contributed by atoms with E-state index in [0.717, 1.165) is 10.5 Å². The third-order valence-corrected chi connectivity index (χ3v) is 5.97. The van der Waals surface area contributed by atoms with Crippen molar-refractivity contribution < 1.29 is 19.1 Å². The maximum atomic E-state index is 13.6. The van der Waals surface area contributed by atoms with E-state index >= 15 is 0 Å². The minimum Gasteiger partial charge on any atom is -0.495 e. The van der Waals surface area contributed by atoms with Gasteiger partial charge >= 0.3 is 0 Å². The molecular weight excluding hydrogens is 436 g/mol. The number of methoxy groups -OCH3 is 2. The van der Waals surface area contributed by atoms with Gasteiger partial charge in [0.25, 0.3) is 11.8 Å². The van der Waals surface area contributed by atoms with E-state index in [4.69, 9.17) is 21.1 Å².